The van der Waals surface area contributed by atoms with Crippen LogP contribution in [-0.4, -0.2) is 31.4 Å². The fraction of sp³-hybridized carbons (Fsp3) is 0.412. The Morgan fingerprint density at radius 3 is 2.28 bits per heavy atom. The number of nitrogens with two attached hydrogens (primary N) is 1. The molecule has 1 aromatic rings. The highest BCUT2D eigenvalue weighted by atomic mass is 79.9. The van der Waals surface area contributed by atoms with E-state index < -0.39 is 16.9 Å². The fourth-order valence-electron chi connectivity index (χ4n) is 2.79. The normalized spacial score (nSPS) is 18.7. The first-order chi connectivity index (χ1) is 11.7. The van der Waals surface area contributed by atoms with Crippen LogP contribution in [0.4, 0.5) is 0 Å². The number of esters is 2. The third-order valence-electron chi connectivity index (χ3n) is 4.16. The first-order valence-electron chi connectivity index (χ1n) is 7.66. The van der Waals surface area contributed by atoms with Crippen molar-refractivity contribution in [3.8, 4) is 0 Å². The summed E-state index contributed by atoms with van der Waals surface area (Å²) in [6.07, 6.45) is 0. The molecule has 0 bridgehead atoms. The monoisotopic (exact) mass is 447 g/mol. The van der Waals surface area contributed by atoms with Gasteiger partial charge in [-0.3, -0.25) is 0 Å². The minimum absolute atomic E-state index is 0.279. The third-order valence-corrected chi connectivity index (χ3v) is 9.15. The molecule has 1 atom stereocenters. The number of methoxy groups -OCH3 is 1. The molecular formula is C17H22BrNO4S2. The van der Waals surface area contributed by atoms with E-state index in [1.165, 1.54) is 7.11 Å². The summed E-state index contributed by atoms with van der Waals surface area (Å²) in [6.45, 7) is 7.96. The van der Waals surface area contributed by atoms with Crippen LogP contribution in [0.1, 0.15) is 34.0 Å². The third kappa shape index (κ3) is 3.80. The molecule has 2 N–H and O–H groups in total. The minimum Gasteiger partial charge on any atom is -0.465 e. The highest BCUT2D eigenvalue weighted by molar-refractivity contribution is 9.10. The number of rotatable bonds is 5. The summed E-state index contributed by atoms with van der Waals surface area (Å²) in [5, 5.41) is 0. The first-order valence-corrected chi connectivity index (χ1v) is 10.8. The molecule has 2 rings (SSSR count). The highest BCUT2D eigenvalue weighted by Crippen LogP contribution is 2.51. The van der Waals surface area contributed by atoms with Gasteiger partial charge in [0, 0.05) is 20.0 Å². The van der Waals surface area contributed by atoms with Crippen LogP contribution in [-0.2, 0) is 14.3 Å². The van der Waals surface area contributed by atoms with Crippen molar-refractivity contribution in [2.45, 2.75) is 27.7 Å². The SMILES string of the molecule is COC(=O)C1=C(C)[SH](CCOC(=O)c2c(C)sc(C)c2Br)C(C)=C1N. The van der Waals surface area contributed by atoms with Crippen LogP contribution in [0.3, 0.4) is 0 Å². The fourth-order valence-corrected chi connectivity index (χ4v) is 6.90. The maximum absolute atomic E-state index is 12.4. The van der Waals surface area contributed by atoms with Crippen molar-refractivity contribution in [2.75, 3.05) is 19.5 Å². The molecule has 25 heavy (non-hydrogen) atoms. The number of allylic oxidation sites excluding steroid dienone is 2. The average Bonchev–Trinajstić information content (AvgIpc) is 2.93. The molecule has 8 heteroatoms. The number of halogens is 1. The molecule has 0 fully saturated rings. The second-order valence-electron chi connectivity index (χ2n) is 5.64. The van der Waals surface area contributed by atoms with E-state index >= 15 is 0 Å². The Labute approximate surface area is 162 Å². The van der Waals surface area contributed by atoms with E-state index in [-0.39, 0.29) is 12.6 Å². The molecule has 0 saturated carbocycles. The largest absolute Gasteiger partial charge is 0.465 e. The summed E-state index contributed by atoms with van der Waals surface area (Å²) in [7, 11) is 0.597. The van der Waals surface area contributed by atoms with Crippen LogP contribution in [0.25, 0.3) is 0 Å². The van der Waals surface area contributed by atoms with Crippen molar-refractivity contribution in [1.29, 1.82) is 0 Å². The zero-order chi connectivity index (χ0) is 18.9. The molecule has 2 heterocycles. The average molecular weight is 448 g/mol. The van der Waals surface area contributed by atoms with Gasteiger partial charge in [-0.15, -0.1) is 11.3 Å². The van der Waals surface area contributed by atoms with Crippen LogP contribution >= 0.6 is 38.2 Å². The number of hydrogen-bond acceptors (Lipinski definition) is 6. The number of hydrogen-bond donors (Lipinski definition) is 2. The van der Waals surface area contributed by atoms with Gasteiger partial charge >= 0.3 is 11.9 Å². The van der Waals surface area contributed by atoms with E-state index in [0.29, 0.717) is 22.6 Å². The Kier molecular flexibility index (Phi) is 6.40. The Hall–Kier alpha value is -1.25. The molecule has 0 saturated heterocycles. The van der Waals surface area contributed by atoms with Gasteiger partial charge in [0.05, 0.1) is 30.6 Å². The van der Waals surface area contributed by atoms with Crippen molar-refractivity contribution in [1.82, 2.24) is 0 Å². The summed E-state index contributed by atoms with van der Waals surface area (Å²) in [6, 6.07) is 0. The number of thiophene rings is 1. The number of carbonyl (C=O) groups is 2. The summed E-state index contributed by atoms with van der Waals surface area (Å²) in [5.74, 6) is -0.100. The molecule has 0 radical (unpaired) electrons. The zero-order valence-corrected chi connectivity index (χ0v) is 18.2. The van der Waals surface area contributed by atoms with Gasteiger partial charge in [0.2, 0.25) is 0 Å². The molecule has 1 aliphatic heterocycles. The molecule has 1 aromatic heterocycles. The first kappa shape index (κ1) is 20.1. The molecule has 5 nitrogen and oxygen atoms in total. The summed E-state index contributed by atoms with van der Waals surface area (Å²) >= 11 is 5.01. The smallest absolute Gasteiger partial charge is 0.340 e. The molecular weight excluding hydrogens is 426 g/mol. The van der Waals surface area contributed by atoms with Crippen molar-refractivity contribution >= 4 is 50.1 Å². The van der Waals surface area contributed by atoms with E-state index in [0.717, 1.165) is 24.0 Å². The predicted octanol–water partition coefficient (Wildman–Crippen LogP) is 3.94. The molecule has 138 valence electrons. The topological polar surface area (TPSA) is 78.6 Å². The molecule has 0 aliphatic carbocycles. The van der Waals surface area contributed by atoms with E-state index in [4.69, 9.17) is 15.2 Å². The predicted molar refractivity (Wildman–Crippen MR) is 107 cm³/mol. The maximum atomic E-state index is 12.4. The maximum Gasteiger partial charge on any atom is 0.340 e. The molecule has 0 amide bonds. The lowest BCUT2D eigenvalue weighted by molar-refractivity contribution is -0.135. The van der Waals surface area contributed by atoms with Gasteiger partial charge in [0.25, 0.3) is 0 Å². The van der Waals surface area contributed by atoms with Gasteiger partial charge in [-0.1, -0.05) is 0 Å². The van der Waals surface area contributed by atoms with Gasteiger partial charge in [-0.05, 0) is 53.4 Å². The summed E-state index contributed by atoms with van der Waals surface area (Å²) in [4.78, 5) is 28.2. The lowest BCUT2D eigenvalue weighted by atomic mass is 10.2. The lowest BCUT2D eigenvalue weighted by Gasteiger charge is -2.19. The number of carbonyl (C=O) groups excluding carboxylic acids is 2. The molecule has 1 unspecified atom stereocenters. The van der Waals surface area contributed by atoms with Crippen LogP contribution in [0.15, 0.2) is 25.6 Å². The standard InChI is InChI=1S/C17H22BrNO4S2/c1-8-12(14(18)9(2)24-8)17(21)23-6-7-25-10(3)13(16(20)22-5)15(19)11(25)4/h25H,6-7,19H2,1-5H3. The number of aryl methyl sites for hydroxylation is 2. The van der Waals surface area contributed by atoms with E-state index in [1.807, 2.05) is 27.7 Å². The van der Waals surface area contributed by atoms with E-state index in [2.05, 4.69) is 15.9 Å². The van der Waals surface area contributed by atoms with Crippen molar-refractivity contribution in [3.05, 3.63) is 40.9 Å². The van der Waals surface area contributed by atoms with E-state index in [9.17, 15) is 9.59 Å². The zero-order valence-electron chi connectivity index (χ0n) is 14.9. The van der Waals surface area contributed by atoms with Gasteiger partial charge in [-0.25, -0.2) is 20.5 Å². The Morgan fingerprint density at radius 2 is 1.76 bits per heavy atom. The number of thiol groups is 1. The molecule has 1 aliphatic rings. The summed E-state index contributed by atoms with van der Waals surface area (Å²) in [5.41, 5.74) is 7.62. The second kappa shape index (κ2) is 7.97. The van der Waals surface area contributed by atoms with Gasteiger partial charge in [0.1, 0.15) is 0 Å². The lowest BCUT2D eigenvalue weighted by Crippen LogP contribution is -2.12. The summed E-state index contributed by atoms with van der Waals surface area (Å²) < 4.78 is 11.1. The van der Waals surface area contributed by atoms with Crippen molar-refractivity contribution < 1.29 is 19.1 Å². The highest BCUT2D eigenvalue weighted by Gasteiger charge is 2.30. The Balaban J connectivity index is 2.06. The van der Waals surface area contributed by atoms with Crippen molar-refractivity contribution in [3.63, 3.8) is 0 Å². The van der Waals surface area contributed by atoms with E-state index in [1.54, 1.807) is 11.3 Å². The Morgan fingerprint density at radius 1 is 1.12 bits per heavy atom. The second-order valence-corrected chi connectivity index (χ2v) is 10.5. The van der Waals surface area contributed by atoms with Crippen LogP contribution in [0, 0.1) is 13.8 Å². The van der Waals surface area contributed by atoms with Gasteiger partial charge in [0.15, 0.2) is 0 Å². The van der Waals surface area contributed by atoms with Crippen LogP contribution in [0.5, 0.6) is 0 Å². The minimum atomic E-state index is -0.747. The van der Waals surface area contributed by atoms with Gasteiger partial charge in [-0.2, -0.15) is 0 Å². The Bertz CT molecular complexity index is 795. The van der Waals surface area contributed by atoms with Crippen LogP contribution in [0.2, 0.25) is 0 Å². The van der Waals surface area contributed by atoms with Crippen LogP contribution < -0.4 is 5.73 Å². The molecule has 0 spiro atoms. The van der Waals surface area contributed by atoms with Gasteiger partial charge < -0.3 is 15.2 Å². The number of ether oxygens (including phenoxy) is 2. The quantitative estimate of drug-likeness (QED) is 0.527. The molecule has 0 aromatic carbocycles. The van der Waals surface area contributed by atoms with Crippen molar-refractivity contribution in [2.24, 2.45) is 5.73 Å².